The highest BCUT2D eigenvalue weighted by Crippen LogP contribution is 2.22. The summed E-state index contributed by atoms with van der Waals surface area (Å²) in [6.07, 6.45) is 0.803. The summed E-state index contributed by atoms with van der Waals surface area (Å²) in [7, 11) is 0. The third-order valence-corrected chi connectivity index (χ3v) is 5.09. The fourth-order valence-corrected chi connectivity index (χ4v) is 3.49. The minimum Gasteiger partial charge on any atom is -0.371 e. The van der Waals surface area contributed by atoms with Crippen molar-refractivity contribution in [3.05, 3.63) is 71.0 Å². The van der Waals surface area contributed by atoms with E-state index in [4.69, 9.17) is 4.74 Å². The molecule has 3 rings (SSSR count). The van der Waals surface area contributed by atoms with Crippen LogP contribution in [0.1, 0.15) is 36.1 Å². The van der Waals surface area contributed by atoms with Gasteiger partial charge in [-0.05, 0) is 36.6 Å². The normalized spacial score (nSPS) is 17.5. The molecule has 0 spiro atoms. The maximum absolute atomic E-state index is 13.2. The Morgan fingerprint density at radius 2 is 1.89 bits per heavy atom. The van der Waals surface area contributed by atoms with Crippen molar-refractivity contribution in [1.29, 1.82) is 0 Å². The fraction of sp³-hybridized carbons (Fsp3) is 0.435. The van der Waals surface area contributed by atoms with Crippen LogP contribution in [0.2, 0.25) is 0 Å². The molecule has 1 fully saturated rings. The first kappa shape index (κ1) is 20.5. The van der Waals surface area contributed by atoms with E-state index in [0.29, 0.717) is 26.2 Å². The minimum absolute atomic E-state index is 0.126. The summed E-state index contributed by atoms with van der Waals surface area (Å²) in [5.41, 5.74) is 3.32. The summed E-state index contributed by atoms with van der Waals surface area (Å²) in [5, 5.41) is 0. The number of halogens is 1. The Kier molecular flexibility index (Phi) is 7.18. The summed E-state index contributed by atoms with van der Waals surface area (Å²) in [4.78, 5) is 17.0. The van der Waals surface area contributed by atoms with E-state index in [1.54, 1.807) is 12.1 Å². The van der Waals surface area contributed by atoms with Gasteiger partial charge in [0.1, 0.15) is 5.82 Å². The van der Waals surface area contributed by atoms with Gasteiger partial charge in [0, 0.05) is 26.2 Å². The van der Waals surface area contributed by atoms with Crippen molar-refractivity contribution in [1.82, 2.24) is 9.80 Å². The monoisotopic (exact) mass is 384 g/mol. The molecule has 5 heteroatoms. The molecule has 0 N–H and O–H groups in total. The van der Waals surface area contributed by atoms with Crippen molar-refractivity contribution in [2.45, 2.75) is 32.9 Å². The topological polar surface area (TPSA) is 32.8 Å². The minimum atomic E-state index is -0.252. The van der Waals surface area contributed by atoms with Gasteiger partial charge in [0.25, 0.3) is 0 Å². The zero-order valence-electron chi connectivity index (χ0n) is 16.7. The molecule has 2 aromatic carbocycles. The number of benzene rings is 2. The van der Waals surface area contributed by atoms with Crippen LogP contribution in [0.3, 0.4) is 0 Å². The predicted molar refractivity (Wildman–Crippen MR) is 108 cm³/mol. The Balaban J connectivity index is 1.60. The van der Waals surface area contributed by atoms with Crippen LogP contribution in [-0.4, -0.2) is 48.5 Å². The fourth-order valence-electron chi connectivity index (χ4n) is 3.49. The molecule has 1 aliphatic rings. The zero-order chi connectivity index (χ0) is 19.9. The molecule has 1 saturated heterocycles. The van der Waals surface area contributed by atoms with Gasteiger partial charge in [-0.25, -0.2) is 4.39 Å². The van der Waals surface area contributed by atoms with E-state index < -0.39 is 0 Å². The lowest BCUT2D eigenvalue weighted by Gasteiger charge is -2.34. The van der Waals surface area contributed by atoms with Crippen molar-refractivity contribution in [3.8, 4) is 0 Å². The lowest BCUT2D eigenvalue weighted by molar-refractivity contribution is -0.135. The lowest BCUT2D eigenvalue weighted by atomic mass is 10.1. The highest BCUT2D eigenvalue weighted by atomic mass is 19.1. The van der Waals surface area contributed by atoms with Crippen LogP contribution in [0.15, 0.2) is 48.5 Å². The number of morpholine rings is 1. The Labute approximate surface area is 166 Å². The van der Waals surface area contributed by atoms with Gasteiger partial charge in [-0.15, -0.1) is 0 Å². The molecule has 0 bridgehead atoms. The van der Waals surface area contributed by atoms with Crippen molar-refractivity contribution in [2.24, 2.45) is 0 Å². The van der Waals surface area contributed by atoms with Crippen molar-refractivity contribution in [2.75, 3.05) is 32.8 Å². The van der Waals surface area contributed by atoms with Crippen LogP contribution >= 0.6 is 0 Å². The first-order valence-electron chi connectivity index (χ1n) is 9.98. The first-order valence-corrected chi connectivity index (χ1v) is 9.98. The van der Waals surface area contributed by atoms with E-state index >= 15 is 0 Å². The summed E-state index contributed by atoms with van der Waals surface area (Å²) in [6, 6.07) is 14.8. The lowest BCUT2D eigenvalue weighted by Crippen LogP contribution is -2.45. The molecule has 0 radical (unpaired) electrons. The highest BCUT2D eigenvalue weighted by molar-refractivity contribution is 5.78. The molecule has 2 aromatic rings. The Hall–Kier alpha value is -2.24. The summed E-state index contributed by atoms with van der Waals surface area (Å²) in [6.45, 7) is 7.87. The first-order chi connectivity index (χ1) is 13.5. The van der Waals surface area contributed by atoms with Gasteiger partial charge in [0.2, 0.25) is 5.91 Å². The summed E-state index contributed by atoms with van der Waals surface area (Å²) in [5.74, 6) is -0.111. The third kappa shape index (κ3) is 5.63. The quantitative estimate of drug-likeness (QED) is 0.725. The number of amides is 1. The Morgan fingerprint density at radius 1 is 1.18 bits per heavy atom. The number of carbonyl (C=O) groups is 1. The molecule has 1 amide bonds. The van der Waals surface area contributed by atoms with Crippen LogP contribution in [0.25, 0.3) is 0 Å². The van der Waals surface area contributed by atoms with Gasteiger partial charge in [0.15, 0.2) is 0 Å². The van der Waals surface area contributed by atoms with Gasteiger partial charge < -0.3 is 9.64 Å². The molecule has 0 aromatic heterocycles. The second-order valence-corrected chi connectivity index (χ2v) is 7.45. The molecule has 0 saturated carbocycles. The standard InChI is InChI=1S/C23H29FN2O2/c1-3-12-26(15-19-6-4-18(2)5-7-19)23(27)17-25-13-14-28-22(16-25)20-8-10-21(24)11-9-20/h4-11,22H,3,12-17H2,1-2H3. The van der Waals surface area contributed by atoms with E-state index in [2.05, 4.69) is 43.0 Å². The third-order valence-electron chi connectivity index (χ3n) is 5.09. The molecule has 1 atom stereocenters. The molecule has 150 valence electrons. The Morgan fingerprint density at radius 3 is 2.57 bits per heavy atom. The number of aryl methyl sites for hydroxylation is 1. The number of carbonyl (C=O) groups excluding carboxylic acids is 1. The van der Waals surface area contributed by atoms with E-state index in [-0.39, 0.29) is 17.8 Å². The van der Waals surface area contributed by atoms with Crippen molar-refractivity contribution in [3.63, 3.8) is 0 Å². The van der Waals surface area contributed by atoms with Crippen LogP contribution in [0.4, 0.5) is 4.39 Å². The average molecular weight is 384 g/mol. The number of nitrogens with zero attached hydrogens (tertiary/aromatic N) is 2. The van der Waals surface area contributed by atoms with Gasteiger partial charge in [0.05, 0.1) is 19.3 Å². The SMILES string of the molecule is CCCN(Cc1ccc(C)cc1)C(=O)CN1CCOC(c2ccc(F)cc2)C1. The van der Waals surface area contributed by atoms with E-state index in [1.165, 1.54) is 17.7 Å². The van der Waals surface area contributed by atoms with Crippen molar-refractivity contribution >= 4 is 5.91 Å². The van der Waals surface area contributed by atoms with Crippen LogP contribution in [0, 0.1) is 12.7 Å². The largest absolute Gasteiger partial charge is 0.371 e. The smallest absolute Gasteiger partial charge is 0.237 e. The molecule has 0 aliphatic carbocycles. The van der Waals surface area contributed by atoms with Crippen LogP contribution in [-0.2, 0) is 16.1 Å². The Bertz CT molecular complexity index is 761. The maximum atomic E-state index is 13.2. The van der Waals surface area contributed by atoms with E-state index in [9.17, 15) is 9.18 Å². The molecular formula is C23H29FN2O2. The maximum Gasteiger partial charge on any atom is 0.237 e. The van der Waals surface area contributed by atoms with Gasteiger partial charge in [-0.1, -0.05) is 48.9 Å². The molecule has 4 nitrogen and oxygen atoms in total. The molecule has 28 heavy (non-hydrogen) atoms. The second-order valence-electron chi connectivity index (χ2n) is 7.45. The second kappa shape index (κ2) is 9.80. The highest BCUT2D eigenvalue weighted by Gasteiger charge is 2.25. The number of ether oxygens (including phenoxy) is 1. The van der Waals surface area contributed by atoms with Crippen LogP contribution < -0.4 is 0 Å². The van der Waals surface area contributed by atoms with E-state index in [1.807, 2.05) is 4.90 Å². The van der Waals surface area contributed by atoms with Crippen LogP contribution in [0.5, 0.6) is 0 Å². The molecule has 1 unspecified atom stereocenters. The summed E-state index contributed by atoms with van der Waals surface area (Å²) >= 11 is 0. The number of rotatable bonds is 7. The molecule has 1 aliphatic heterocycles. The van der Waals surface area contributed by atoms with Gasteiger partial charge in [-0.2, -0.15) is 0 Å². The predicted octanol–water partition coefficient (Wildman–Crippen LogP) is 3.95. The van der Waals surface area contributed by atoms with Gasteiger partial charge in [-0.3, -0.25) is 9.69 Å². The summed E-state index contributed by atoms with van der Waals surface area (Å²) < 4.78 is 19.0. The van der Waals surface area contributed by atoms with Gasteiger partial charge >= 0.3 is 0 Å². The number of hydrogen-bond acceptors (Lipinski definition) is 3. The zero-order valence-corrected chi connectivity index (χ0v) is 16.7. The molecular weight excluding hydrogens is 355 g/mol. The van der Waals surface area contributed by atoms with E-state index in [0.717, 1.165) is 30.6 Å². The number of hydrogen-bond donors (Lipinski definition) is 0. The molecule has 1 heterocycles. The van der Waals surface area contributed by atoms with Crippen molar-refractivity contribution < 1.29 is 13.9 Å². The average Bonchev–Trinajstić information content (AvgIpc) is 2.70.